The predicted molar refractivity (Wildman–Crippen MR) is 60.8 cm³/mol. The zero-order valence-corrected chi connectivity index (χ0v) is 9.59. The average Bonchev–Trinajstić information content (AvgIpc) is 2.21. The lowest BCUT2D eigenvalue weighted by Crippen LogP contribution is -2.19. The molecule has 14 heavy (non-hydrogen) atoms. The van der Waals surface area contributed by atoms with Crippen LogP contribution in [0.3, 0.4) is 0 Å². The molecule has 0 aromatic heterocycles. The lowest BCUT2D eigenvalue weighted by atomic mass is 9.77. The van der Waals surface area contributed by atoms with Crippen LogP contribution < -0.4 is 0 Å². The lowest BCUT2D eigenvalue weighted by molar-refractivity contribution is 0.435. The van der Waals surface area contributed by atoms with Crippen LogP contribution >= 0.6 is 0 Å². The predicted octanol–water partition coefficient (Wildman–Crippen LogP) is 3.78. The normalized spacial score (nSPS) is 11.7. The first-order chi connectivity index (χ1) is 6.53. The fourth-order valence-electron chi connectivity index (χ4n) is 1.69. The van der Waals surface area contributed by atoms with Crippen LogP contribution in [0, 0.1) is 6.92 Å². The number of hydrogen-bond acceptors (Lipinski definition) is 1. The number of aromatic hydroxyl groups is 1. The van der Waals surface area contributed by atoms with Gasteiger partial charge in [-0.2, -0.15) is 0 Å². The Balaban J connectivity index is 3.12. The number of aryl methyl sites for hydroxylation is 1. The maximum absolute atomic E-state index is 9.45. The Bertz CT molecular complexity index is 311. The van der Waals surface area contributed by atoms with E-state index in [1.165, 1.54) is 5.56 Å². The monoisotopic (exact) mass is 192 g/mol. The molecule has 0 bridgehead atoms. The Morgan fingerprint density at radius 3 is 2.21 bits per heavy atom. The third-order valence-electron chi connectivity index (χ3n) is 3.45. The molecule has 0 aliphatic rings. The molecule has 78 valence electrons. The maximum atomic E-state index is 9.45. The third kappa shape index (κ3) is 1.92. The molecule has 0 fully saturated rings. The third-order valence-corrected chi connectivity index (χ3v) is 3.45. The molecule has 0 heterocycles. The first-order valence-electron chi connectivity index (χ1n) is 5.33. The molecule has 1 nitrogen and oxygen atoms in total. The van der Waals surface area contributed by atoms with Gasteiger partial charge in [-0.1, -0.05) is 32.9 Å². The van der Waals surface area contributed by atoms with Gasteiger partial charge < -0.3 is 5.11 Å². The minimum atomic E-state index is 0.248. The van der Waals surface area contributed by atoms with E-state index < -0.39 is 0 Å². The molecule has 0 amide bonds. The minimum absolute atomic E-state index is 0.248. The first-order valence-corrected chi connectivity index (χ1v) is 5.33. The fourth-order valence-corrected chi connectivity index (χ4v) is 1.69. The Morgan fingerprint density at radius 1 is 1.21 bits per heavy atom. The van der Waals surface area contributed by atoms with Crippen LogP contribution in [0.4, 0.5) is 0 Å². The van der Waals surface area contributed by atoms with Crippen molar-refractivity contribution in [2.75, 3.05) is 0 Å². The lowest BCUT2D eigenvalue weighted by Gasteiger charge is -2.27. The standard InChI is InChI=1S/C13H20O/c1-5-13(4,6-2)11-7-8-12(14)10(3)9-11/h7-9,14H,5-6H2,1-4H3. The molecule has 1 aromatic rings. The Labute approximate surface area is 86.8 Å². The van der Waals surface area contributed by atoms with Crippen molar-refractivity contribution in [2.45, 2.75) is 46.0 Å². The summed E-state index contributed by atoms with van der Waals surface area (Å²) in [5.41, 5.74) is 2.55. The maximum Gasteiger partial charge on any atom is 0.118 e. The summed E-state index contributed by atoms with van der Waals surface area (Å²) in [5, 5.41) is 9.45. The summed E-state index contributed by atoms with van der Waals surface area (Å²) < 4.78 is 0. The summed E-state index contributed by atoms with van der Waals surface area (Å²) in [6.45, 7) is 8.65. The van der Waals surface area contributed by atoms with Gasteiger partial charge in [-0.05, 0) is 42.4 Å². The number of phenolic OH excluding ortho intramolecular Hbond substituents is 1. The van der Waals surface area contributed by atoms with Gasteiger partial charge >= 0.3 is 0 Å². The molecule has 0 atom stereocenters. The highest BCUT2D eigenvalue weighted by molar-refractivity contribution is 5.38. The summed E-state index contributed by atoms with van der Waals surface area (Å²) in [5.74, 6) is 0.392. The van der Waals surface area contributed by atoms with E-state index in [1.54, 1.807) is 6.07 Å². The van der Waals surface area contributed by atoms with Gasteiger partial charge in [0, 0.05) is 0 Å². The Morgan fingerprint density at radius 2 is 1.79 bits per heavy atom. The van der Waals surface area contributed by atoms with Gasteiger partial charge in [0.1, 0.15) is 5.75 Å². The van der Waals surface area contributed by atoms with Crippen LogP contribution in [-0.4, -0.2) is 5.11 Å². The molecular weight excluding hydrogens is 172 g/mol. The van der Waals surface area contributed by atoms with E-state index in [0.29, 0.717) is 5.75 Å². The van der Waals surface area contributed by atoms with Gasteiger partial charge in [-0.3, -0.25) is 0 Å². The topological polar surface area (TPSA) is 20.2 Å². The second-order valence-electron chi connectivity index (χ2n) is 4.27. The van der Waals surface area contributed by atoms with Gasteiger partial charge in [-0.25, -0.2) is 0 Å². The van der Waals surface area contributed by atoms with Crippen molar-refractivity contribution in [3.8, 4) is 5.75 Å². The summed E-state index contributed by atoms with van der Waals surface area (Å²) in [4.78, 5) is 0. The summed E-state index contributed by atoms with van der Waals surface area (Å²) >= 11 is 0. The summed E-state index contributed by atoms with van der Waals surface area (Å²) in [6.07, 6.45) is 2.27. The van der Waals surface area contributed by atoms with Crippen LogP contribution in [0.1, 0.15) is 44.7 Å². The van der Waals surface area contributed by atoms with Crippen LogP contribution in [0.2, 0.25) is 0 Å². The van der Waals surface area contributed by atoms with Crippen LogP contribution in [0.15, 0.2) is 18.2 Å². The van der Waals surface area contributed by atoms with Crippen molar-refractivity contribution in [3.63, 3.8) is 0 Å². The molecular formula is C13H20O. The van der Waals surface area contributed by atoms with Gasteiger partial charge in [0.2, 0.25) is 0 Å². The molecule has 0 radical (unpaired) electrons. The quantitative estimate of drug-likeness (QED) is 0.772. The highest BCUT2D eigenvalue weighted by Gasteiger charge is 2.22. The van der Waals surface area contributed by atoms with Gasteiger partial charge in [0.25, 0.3) is 0 Å². The molecule has 1 aromatic carbocycles. The summed E-state index contributed by atoms with van der Waals surface area (Å²) in [7, 11) is 0. The van der Waals surface area contributed by atoms with Crippen LogP contribution in [0.25, 0.3) is 0 Å². The van der Waals surface area contributed by atoms with E-state index in [2.05, 4.69) is 26.8 Å². The molecule has 0 spiro atoms. The minimum Gasteiger partial charge on any atom is -0.508 e. The van der Waals surface area contributed by atoms with Crippen molar-refractivity contribution in [2.24, 2.45) is 0 Å². The number of rotatable bonds is 3. The van der Waals surface area contributed by atoms with E-state index in [0.717, 1.165) is 18.4 Å². The van der Waals surface area contributed by atoms with Crippen LogP contribution in [-0.2, 0) is 5.41 Å². The molecule has 1 rings (SSSR count). The smallest absolute Gasteiger partial charge is 0.118 e. The van der Waals surface area contributed by atoms with Gasteiger partial charge in [0.15, 0.2) is 0 Å². The zero-order valence-electron chi connectivity index (χ0n) is 9.59. The van der Waals surface area contributed by atoms with Gasteiger partial charge in [0.05, 0.1) is 0 Å². The van der Waals surface area contributed by atoms with E-state index in [9.17, 15) is 5.11 Å². The SMILES string of the molecule is CCC(C)(CC)c1ccc(O)c(C)c1. The second-order valence-corrected chi connectivity index (χ2v) is 4.27. The summed E-state index contributed by atoms with van der Waals surface area (Å²) in [6, 6.07) is 5.94. The van der Waals surface area contributed by atoms with E-state index in [1.807, 2.05) is 13.0 Å². The molecule has 0 aliphatic heterocycles. The Hall–Kier alpha value is -0.980. The first kappa shape index (κ1) is 11.1. The number of benzene rings is 1. The van der Waals surface area contributed by atoms with Crippen LogP contribution in [0.5, 0.6) is 5.75 Å². The zero-order chi connectivity index (χ0) is 10.8. The van der Waals surface area contributed by atoms with Crippen molar-refractivity contribution < 1.29 is 5.11 Å². The number of phenols is 1. The number of hydrogen-bond donors (Lipinski definition) is 1. The molecule has 0 aliphatic carbocycles. The van der Waals surface area contributed by atoms with Gasteiger partial charge in [-0.15, -0.1) is 0 Å². The van der Waals surface area contributed by atoms with E-state index in [-0.39, 0.29) is 5.41 Å². The fraction of sp³-hybridized carbons (Fsp3) is 0.538. The highest BCUT2D eigenvalue weighted by Crippen LogP contribution is 2.33. The Kier molecular flexibility index (Phi) is 3.20. The molecule has 1 heteroatoms. The molecule has 0 unspecified atom stereocenters. The molecule has 1 N–H and O–H groups in total. The van der Waals surface area contributed by atoms with Crippen molar-refractivity contribution in [1.29, 1.82) is 0 Å². The molecule has 0 saturated heterocycles. The average molecular weight is 192 g/mol. The van der Waals surface area contributed by atoms with E-state index >= 15 is 0 Å². The van der Waals surface area contributed by atoms with Crippen molar-refractivity contribution >= 4 is 0 Å². The van der Waals surface area contributed by atoms with Crippen molar-refractivity contribution in [3.05, 3.63) is 29.3 Å². The molecule has 0 saturated carbocycles. The largest absolute Gasteiger partial charge is 0.508 e. The highest BCUT2D eigenvalue weighted by atomic mass is 16.3. The van der Waals surface area contributed by atoms with E-state index in [4.69, 9.17) is 0 Å². The van der Waals surface area contributed by atoms with Crippen molar-refractivity contribution in [1.82, 2.24) is 0 Å². The second kappa shape index (κ2) is 4.04.